The van der Waals surface area contributed by atoms with Crippen molar-refractivity contribution < 1.29 is 18.9 Å². The fourth-order valence-corrected chi connectivity index (χ4v) is 9.49. The summed E-state index contributed by atoms with van der Waals surface area (Å²) in [6.07, 6.45) is 27.2. The Morgan fingerprint density at radius 3 is 0.917 bits per heavy atom. The standard InChI is InChI=1S/C56H94O4/c1-13-17-23-31-53(5,6)47-37-43(38-48(54(7,8)32-24-18-14-2)51(47)57-35-27-21-29-45-41-59-45)44-39-49(55(9,10)33-25-19-15-3)52(58-36-28-22-30-46-42-60-46)50(40-44)56(11,12)34-26-20-16-4/h37-40,45-46H,13-36,41-42H2,1-12H3. The molecule has 0 N–H and O–H groups in total. The second-order valence-corrected chi connectivity index (χ2v) is 21.8. The molecular formula is C56H94O4. The average molecular weight is 831 g/mol. The van der Waals surface area contributed by atoms with Crippen molar-refractivity contribution in [3.05, 3.63) is 46.5 Å². The molecule has 342 valence electrons. The summed E-state index contributed by atoms with van der Waals surface area (Å²) in [6.45, 7) is 32.6. The first-order valence-electron chi connectivity index (χ1n) is 25.5. The third kappa shape index (κ3) is 15.6. The molecule has 4 nitrogen and oxygen atoms in total. The van der Waals surface area contributed by atoms with Crippen LogP contribution in [0.15, 0.2) is 24.3 Å². The molecule has 0 radical (unpaired) electrons. The maximum Gasteiger partial charge on any atom is 0.126 e. The monoisotopic (exact) mass is 831 g/mol. The van der Waals surface area contributed by atoms with E-state index in [1.165, 1.54) is 122 Å². The fourth-order valence-electron chi connectivity index (χ4n) is 9.49. The third-order valence-corrected chi connectivity index (χ3v) is 14.2. The molecule has 0 aliphatic carbocycles. The van der Waals surface area contributed by atoms with Crippen LogP contribution in [-0.4, -0.2) is 38.6 Å². The lowest BCUT2D eigenvalue weighted by atomic mass is 9.71. The SMILES string of the molecule is CCCCCC(C)(C)c1cc(-c2cc(C(C)(C)CCCCC)c(OCCCCC3CO3)c(C(C)(C)CCCCC)c2)cc(C(C)(C)CCCCC)c1OCCCCC1CO1. The molecule has 2 saturated heterocycles. The van der Waals surface area contributed by atoms with Crippen molar-refractivity contribution in [2.45, 2.75) is 258 Å². The van der Waals surface area contributed by atoms with Crippen molar-refractivity contribution in [1.82, 2.24) is 0 Å². The van der Waals surface area contributed by atoms with Gasteiger partial charge in [-0.1, -0.05) is 160 Å². The quantitative estimate of drug-likeness (QED) is 0.0531. The first-order valence-corrected chi connectivity index (χ1v) is 25.5. The molecule has 0 amide bonds. The highest BCUT2D eigenvalue weighted by Gasteiger charge is 2.36. The second kappa shape index (κ2) is 24.1. The molecule has 2 aliphatic heterocycles. The van der Waals surface area contributed by atoms with Gasteiger partial charge in [-0.25, -0.2) is 0 Å². The van der Waals surface area contributed by atoms with Gasteiger partial charge in [-0.2, -0.15) is 0 Å². The molecule has 2 unspecified atom stereocenters. The predicted molar refractivity (Wildman–Crippen MR) is 259 cm³/mol. The summed E-state index contributed by atoms with van der Waals surface area (Å²) in [5, 5.41) is 0. The normalized spacial score (nSPS) is 17.0. The van der Waals surface area contributed by atoms with Crippen LogP contribution in [0.25, 0.3) is 11.1 Å². The number of unbranched alkanes of at least 4 members (excludes halogenated alkanes) is 10. The summed E-state index contributed by atoms with van der Waals surface area (Å²) in [5.41, 5.74) is 8.15. The summed E-state index contributed by atoms with van der Waals surface area (Å²) < 4.78 is 25.4. The van der Waals surface area contributed by atoms with Gasteiger partial charge in [0.05, 0.1) is 38.6 Å². The number of epoxide rings is 2. The van der Waals surface area contributed by atoms with Gasteiger partial charge in [0.2, 0.25) is 0 Å². The minimum atomic E-state index is -0.0321. The van der Waals surface area contributed by atoms with Gasteiger partial charge in [0.25, 0.3) is 0 Å². The Morgan fingerprint density at radius 2 is 0.683 bits per heavy atom. The van der Waals surface area contributed by atoms with Gasteiger partial charge in [0.1, 0.15) is 11.5 Å². The molecular weight excluding hydrogens is 737 g/mol. The van der Waals surface area contributed by atoms with Crippen LogP contribution >= 0.6 is 0 Å². The lowest BCUT2D eigenvalue weighted by molar-refractivity contribution is 0.278. The van der Waals surface area contributed by atoms with Gasteiger partial charge in [0, 0.05) is 22.3 Å². The van der Waals surface area contributed by atoms with Gasteiger partial charge in [-0.15, -0.1) is 0 Å². The number of ether oxygens (including phenoxy) is 4. The molecule has 2 heterocycles. The molecule has 60 heavy (non-hydrogen) atoms. The Labute approximate surface area is 371 Å². The summed E-state index contributed by atoms with van der Waals surface area (Å²) in [7, 11) is 0. The van der Waals surface area contributed by atoms with E-state index in [2.05, 4.69) is 107 Å². The van der Waals surface area contributed by atoms with Crippen LogP contribution in [0.1, 0.15) is 247 Å². The van der Waals surface area contributed by atoms with E-state index in [1.807, 2.05) is 0 Å². The van der Waals surface area contributed by atoms with Gasteiger partial charge >= 0.3 is 0 Å². The number of benzene rings is 2. The minimum absolute atomic E-state index is 0.0321. The van der Waals surface area contributed by atoms with Gasteiger partial charge in [-0.05, 0) is 121 Å². The predicted octanol–water partition coefficient (Wildman–Crippen LogP) is 16.7. The lowest BCUT2D eigenvalue weighted by Gasteiger charge is -2.36. The largest absolute Gasteiger partial charge is 0.493 e. The van der Waals surface area contributed by atoms with Crippen molar-refractivity contribution >= 4 is 0 Å². The van der Waals surface area contributed by atoms with Crippen LogP contribution < -0.4 is 9.47 Å². The summed E-state index contributed by atoms with van der Waals surface area (Å²) in [4.78, 5) is 0. The van der Waals surface area contributed by atoms with E-state index in [1.54, 1.807) is 0 Å². The second-order valence-electron chi connectivity index (χ2n) is 21.8. The molecule has 4 heteroatoms. The molecule has 2 aromatic rings. The molecule has 0 aromatic heterocycles. The molecule has 0 spiro atoms. The van der Waals surface area contributed by atoms with E-state index in [0.29, 0.717) is 12.2 Å². The van der Waals surface area contributed by atoms with Crippen LogP contribution in [0.3, 0.4) is 0 Å². The summed E-state index contributed by atoms with van der Waals surface area (Å²) in [6, 6.07) is 10.3. The smallest absolute Gasteiger partial charge is 0.126 e. The molecule has 2 atom stereocenters. The van der Waals surface area contributed by atoms with Crippen molar-refractivity contribution in [3.8, 4) is 22.6 Å². The average Bonchev–Trinajstić information content (AvgIpc) is 4.15. The number of hydrogen-bond acceptors (Lipinski definition) is 4. The van der Waals surface area contributed by atoms with Crippen molar-refractivity contribution in [1.29, 1.82) is 0 Å². The molecule has 4 rings (SSSR count). The Hall–Kier alpha value is -2.04. The molecule has 2 fully saturated rings. The van der Waals surface area contributed by atoms with Crippen molar-refractivity contribution in [2.75, 3.05) is 26.4 Å². The highest BCUT2D eigenvalue weighted by atomic mass is 16.6. The number of rotatable bonds is 33. The lowest BCUT2D eigenvalue weighted by Crippen LogP contribution is -2.25. The Morgan fingerprint density at radius 1 is 0.417 bits per heavy atom. The first-order chi connectivity index (χ1) is 28.6. The first kappa shape index (κ1) is 50.6. The maximum absolute atomic E-state index is 7.15. The van der Waals surface area contributed by atoms with E-state index in [0.717, 1.165) is 90.6 Å². The van der Waals surface area contributed by atoms with Crippen LogP contribution in [0.4, 0.5) is 0 Å². The van der Waals surface area contributed by atoms with Crippen molar-refractivity contribution in [2.24, 2.45) is 0 Å². The highest BCUT2D eigenvalue weighted by molar-refractivity contribution is 5.73. The maximum atomic E-state index is 7.15. The van der Waals surface area contributed by atoms with Crippen LogP contribution in [0.2, 0.25) is 0 Å². The Kier molecular flexibility index (Phi) is 20.4. The molecule has 0 bridgehead atoms. The van der Waals surface area contributed by atoms with Crippen molar-refractivity contribution in [3.63, 3.8) is 0 Å². The molecule has 2 aliphatic rings. The third-order valence-electron chi connectivity index (χ3n) is 14.2. The van der Waals surface area contributed by atoms with Gasteiger partial charge in [0.15, 0.2) is 0 Å². The van der Waals surface area contributed by atoms with Gasteiger partial charge < -0.3 is 18.9 Å². The zero-order valence-electron chi connectivity index (χ0n) is 41.5. The summed E-state index contributed by atoms with van der Waals surface area (Å²) in [5.74, 6) is 2.34. The van der Waals surface area contributed by atoms with Gasteiger partial charge in [-0.3, -0.25) is 0 Å². The van der Waals surface area contributed by atoms with E-state index in [-0.39, 0.29) is 21.7 Å². The van der Waals surface area contributed by atoms with Crippen LogP contribution in [-0.2, 0) is 31.1 Å². The minimum Gasteiger partial charge on any atom is -0.493 e. The van der Waals surface area contributed by atoms with Crippen LogP contribution in [0.5, 0.6) is 11.5 Å². The summed E-state index contributed by atoms with van der Waals surface area (Å²) >= 11 is 0. The molecule has 2 aromatic carbocycles. The fraction of sp³-hybridized carbons (Fsp3) is 0.786. The zero-order valence-corrected chi connectivity index (χ0v) is 41.5. The zero-order chi connectivity index (χ0) is 43.8. The van der Waals surface area contributed by atoms with Crippen LogP contribution in [0, 0.1) is 0 Å². The van der Waals surface area contributed by atoms with E-state index >= 15 is 0 Å². The highest BCUT2D eigenvalue weighted by Crippen LogP contribution is 2.50. The number of hydrogen-bond donors (Lipinski definition) is 0. The van der Waals surface area contributed by atoms with E-state index in [9.17, 15) is 0 Å². The molecule has 0 saturated carbocycles. The van der Waals surface area contributed by atoms with E-state index < -0.39 is 0 Å². The Balaban J connectivity index is 1.96. The Bertz CT molecular complexity index is 1340. The van der Waals surface area contributed by atoms with E-state index in [4.69, 9.17) is 18.9 Å². The topological polar surface area (TPSA) is 43.5 Å².